The fourth-order valence-corrected chi connectivity index (χ4v) is 2.69. The SMILES string of the molecule is CCC(CC)(CNC(=O)OC(C)(C)C)NC(=O)/C=C/c1nc2ccccc2o1. The van der Waals surface area contributed by atoms with Gasteiger partial charge in [-0.2, -0.15) is 0 Å². The minimum atomic E-state index is -0.573. The Bertz CT molecular complexity index is 812. The molecule has 7 nitrogen and oxygen atoms in total. The first-order chi connectivity index (χ1) is 13.2. The van der Waals surface area contributed by atoms with Gasteiger partial charge in [0.25, 0.3) is 0 Å². The fourth-order valence-electron chi connectivity index (χ4n) is 2.69. The van der Waals surface area contributed by atoms with Crippen LogP contribution in [0.1, 0.15) is 53.4 Å². The lowest BCUT2D eigenvalue weighted by atomic mass is 9.92. The van der Waals surface area contributed by atoms with E-state index in [1.165, 1.54) is 12.2 Å². The number of nitrogens with one attached hydrogen (secondary N) is 2. The highest BCUT2D eigenvalue weighted by molar-refractivity contribution is 5.92. The molecule has 152 valence electrons. The van der Waals surface area contributed by atoms with Crippen LogP contribution in [0, 0.1) is 0 Å². The van der Waals surface area contributed by atoms with Gasteiger partial charge in [0.1, 0.15) is 11.1 Å². The first kappa shape index (κ1) is 21.5. The van der Waals surface area contributed by atoms with E-state index in [0.717, 1.165) is 5.52 Å². The summed E-state index contributed by atoms with van der Waals surface area (Å²) in [6.45, 7) is 9.61. The summed E-state index contributed by atoms with van der Waals surface area (Å²) in [5.41, 5.74) is 0.261. The van der Waals surface area contributed by atoms with E-state index in [2.05, 4.69) is 15.6 Å². The molecule has 0 saturated carbocycles. The van der Waals surface area contributed by atoms with Crippen molar-refractivity contribution in [1.82, 2.24) is 15.6 Å². The Morgan fingerprint density at radius 1 is 1.18 bits per heavy atom. The Hall–Kier alpha value is -2.83. The summed E-state index contributed by atoms with van der Waals surface area (Å²) >= 11 is 0. The van der Waals surface area contributed by atoms with Gasteiger partial charge in [0.2, 0.25) is 11.8 Å². The average molecular weight is 387 g/mol. The van der Waals surface area contributed by atoms with E-state index in [0.29, 0.717) is 24.3 Å². The molecule has 7 heteroatoms. The van der Waals surface area contributed by atoms with Crippen LogP contribution in [0.2, 0.25) is 0 Å². The van der Waals surface area contributed by atoms with Gasteiger partial charge in [0.15, 0.2) is 5.58 Å². The number of ether oxygens (including phenoxy) is 1. The highest BCUT2D eigenvalue weighted by atomic mass is 16.6. The minimum absolute atomic E-state index is 0.275. The summed E-state index contributed by atoms with van der Waals surface area (Å²) in [6.07, 6.45) is 3.73. The zero-order valence-corrected chi connectivity index (χ0v) is 17.2. The highest BCUT2D eigenvalue weighted by Gasteiger charge is 2.29. The van der Waals surface area contributed by atoms with Crippen LogP contribution in [0.25, 0.3) is 17.2 Å². The van der Waals surface area contributed by atoms with E-state index in [-0.39, 0.29) is 12.5 Å². The first-order valence-corrected chi connectivity index (χ1v) is 9.49. The van der Waals surface area contributed by atoms with E-state index in [9.17, 15) is 9.59 Å². The zero-order chi connectivity index (χ0) is 20.8. The number of nitrogens with zero attached hydrogens (tertiary/aromatic N) is 1. The van der Waals surface area contributed by atoms with Gasteiger partial charge in [-0.3, -0.25) is 4.79 Å². The number of amides is 2. The molecule has 1 heterocycles. The summed E-state index contributed by atoms with van der Waals surface area (Å²) < 4.78 is 10.8. The van der Waals surface area contributed by atoms with Crippen molar-refractivity contribution in [3.05, 3.63) is 36.2 Å². The van der Waals surface area contributed by atoms with Crippen LogP contribution in [-0.2, 0) is 9.53 Å². The van der Waals surface area contributed by atoms with E-state index in [1.807, 2.05) is 38.1 Å². The quantitative estimate of drug-likeness (QED) is 0.699. The molecule has 1 aromatic heterocycles. The molecule has 2 N–H and O–H groups in total. The highest BCUT2D eigenvalue weighted by Crippen LogP contribution is 2.17. The number of oxazole rings is 1. The van der Waals surface area contributed by atoms with Crippen molar-refractivity contribution in [3.8, 4) is 0 Å². The summed E-state index contributed by atoms with van der Waals surface area (Å²) in [5.74, 6) is 0.0822. The van der Waals surface area contributed by atoms with Crippen LogP contribution in [-0.4, -0.2) is 34.7 Å². The molecule has 0 unspecified atom stereocenters. The lowest BCUT2D eigenvalue weighted by molar-refractivity contribution is -0.118. The van der Waals surface area contributed by atoms with Crippen LogP contribution in [0.5, 0.6) is 0 Å². The molecule has 2 amide bonds. The van der Waals surface area contributed by atoms with Crippen LogP contribution >= 0.6 is 0 Å². The molecule has 0 atom stereocenters. The second-order valence-corrected chi connectivity index (χ2v) is 7.69. The van der Waals surface area contributed by atoms with E-state index >= 15 is 0 Å². The third-order valence-electron chi connectivity index (χ3n) is 4.40. The molecule has 0 bridgehead atoms. The number of rotatable bonds is 7. The predicted octanol–water partition coefficient (Wildman–Crippen LogP) is 4.04. The normalized spacial score (nSPS) is 12.3. The number of alkyl carbamates (subject to hydrolysis) is 1. The third-order valence-corrected chi connectivity index (χ3v) is 4.40. The van der Waals surface area contributed by atoms with Crippen molar-refractivity contribution in [2.45, 2.75) is 58.6 Å². The van der Waals surface area contributed by atoms with Crippen molar-refractivity contribution in [1.29, 1.82) is 0 Å². The van der Waals surface area contributed by atoms with Gasteiger partial charge in [0.05, 0.1) is 5.54 Å². The van der Waals surface area contributed by atoms with Crippen LogP contribution in [0.4, 0.5) is 4.79 Å². The standard InChI is InChI=1S/C21H29N3O4/c1-6-21(7-2,14-22-19(26)28-20(3,4)5)24-17(25)12-13-18-23-15-10-8-9-11-16(15)27-18/h8-13H,6-7,14H2,1-5H3,(H,22,26)(H,24,25)/b13-12+. The summed E-state index contributed by atoms with van der Waals surface area (Å²) in [7, 11) is 0. The molecule has 1 aromatic carbocycles. The molecule has 0 saturated heterocycles. The Kier molecular flexibility index (Phi) is 6.83. The van der Waals surface area contributed by atoms with Crippen LogP contribution < -0.4 is 10.6 Å². The molecular weight excluding hydrogens is 358 g/mol. The van der Waals surface area contributed by atoms with Gasteiger partial charge < -0.3 is 19.8 Å². The Morgan fingerprint density at radius 3 is 2.46 bits per heavy atom. The molecule has 0 fully saturated rings. The van der Waals surface area contributed by atoms with Gasteiger partial charge >= 0.3 is 6.09 Å². The number of para-hydroxylation sites is 2. The maximum absolute atomic E-state index is 12.4. The number of benzene rings is 1. The van der Waals surface area contributed by atoms with Crippen LogP contribution in [0.3, 0.4) is 0 Å². The molecule has 0 aliphatic rings. The number of hydrogen-bond donors (Lipinski definition) is 2. The zero-order valence-electron chi connectivity index (χ0n) is 17.2. The van der Waals surface area contributed by atoms with Crippen molar-refractivity contribution in [3.63, 3.8) is 0 Å². The first-order valence-electron chi connectivity index (χ1n) is 9.49. The monoisotopic (exact) mass is 387 g/mol. The molecule has 0 aliphatic heterocycles. The topological polar surface area (TPSA) is 93.5 Å². The molecule has 28 heavy (non-hydrogen) atoms. The summed E-state index contributed by atoms with van der Waals surface area (Å²) in [6, 6.07) is 7.40. The average Bonchev–Trinajstić information content (AvgIpc) is 3.05. The minimum Gasteiger partial charge on any atom is -0.444 e. The molecule has 0 aliphatic carbocycles. The summed E-state index contributed by atoms with van der Waals surface area (Å²) in [4.78, 5) is 28.7. The Morgan fingerprint density at radius 2 is 1.86 bits per heavy atom. The third kappa shape index (κ3) is 6.11. The molecular formula is C21H29N3O4. The van der Waals surface area contributed by atoms with Gasteiger partial charge in [-0.05, 0) is 45.7 Å². The number of aromatic nitrogens is 1. The fraction of sp³-hybridized carbons (Fsp3) is 0.476. The van der Waals surface area contributed by atoms with Gasteiger partial charge in [-0.25, -0.2) is 9.78 Å². The number of fused-ring (bicyclic) bond motifs is 1. The molecule has 2 aromatic rings. The molecule has 0 spiro atoms. The lowest BCUT2D eigenvalue weighted by Crippen LogP contribution is -2.55. The second kappa shape index (κ2) is 8.91. The number of carbonyl (C=O) groups excluding carboxylic acids is 2. The largest absolute Gasteiger partial charge is 0.444 e. The number of hydrogen-bond acceptors (Lipinski definition) is 5. The van der Waals surface area contributed by atoms with E-state index < -0.39 is 17.2 Å². The van der Waals surface area contributed by atoms with Crippen LogP contribution in [0.15, 0.2) is 34.8 Å². The van der Waals surface area contributed by atoms with Gasteiger partial charge in [0, 0.05) is 18.7 Å². The van der Waals surface area contributed by atoms with E-state index in [1.54, 1.807) is 20.8 Å². The lowest BCUT2D eigenvalue weighted by Gasteiger charge is -2.33. The predicted molar refractivity (Wildman–Crippen MR) is 109 cm³/mol. The smallest absolute Gasteiger partial charge is 0.407 e. The molecule has 0 radical (unpaired) electrons. The van der Waals surface area contributed by atoms with E-state index in [4.69, 9.17) is 9.15 Å². The van der Waals surface area contributed by atoms with Gasteiger partial charge in [-0.15, -0.1) is 0 Å². The van der Waals surface area contributed by atoms with Gasteiger partial charge in [-0.1, -0.05) is 26.0 Å². The van der Waals surface area contributed by atoms with Crippen molar-refractivity contribution >= 4 is 29.2 Å². The second-order valence-electron chi connectivity index (χ2n) is 7.69. The maximum Gasteiger partial charge on any atom is 0.407 e. The Labute approximate surface area is 165 Å². The summed E-state index contributed by atoms with van der Waals surface area (Å²) in [5, 5.41) is 5.73. The number of carbonyl (C=O) groups is 2. The van der Waals surface area contributed by atoms with Crippen molar-refractivity contribution in [2.75, 3.05) is 6.54 Å². The van der Waals surface area contributed by atoms with Crippen molar-refractivity contribution in [2.24, 2.45) is 0 Å². The Balaban J connectivity index is 1.99. The molecule has 2 rings (SSSR count). The van der Waals surface area contributed by atoms with Crippen molar-refractivity contribution < 1.29 is 18.7 Å². The maximum atomic E-state index is 12.4.